The van der Waals surface area contributed by atoms with E-state index in [9.17, 15) is 14.3 Å². The van der Waals surface area contributed by atoms with Crippen molar-refractivity contribution in [1.29, 1.82) is 0 Å². The van der Waals surface area contributed by atoms with Gasteiger partial charge in [-0.05, 0) is 76.7 Å². The van der Waals surface area contributed by atoms with E-state index in [2.05, 4.69) is 25.5 Å². The molecule has 0 spiro atoms. The van der Waals surface area contributed by atoms with Gasteiger partial charge < -0.3 is 14.4 Å². The Morgan fingerprint density at radius 3 is 2.58 bits per heavy atom. The molecule has 5 rings (SSSR count). The molecule has 158 valence electrons. The molecule has 4 aromatic rings. The van der Waals surface area contributed by atoms with E-state index < -0.39 is 5.97 Å². The number of pyridine rings is 1. The first-order valence-electron chi connectivity index (χ1n) is 10.2. The minimum Gasteiger partial charge on any atom is -0.478 e. The van der Waals surface area contributed by atoms with Crippen molar-refractivity contribution in [3.63, 3.8) is 0 Å². The number of carboxylic acids is 1. The first-order valence-corrected chi connectivity index (χ1v) is 11.0. The van der Waals surface area contributed by atoms with E-state index in [-0.39, 0.29) is 23.3 Å². The summed E-state index contributed by atoms with van der Waals surface area (Å²) in [6.45, 7) is 1.34. The summed E-state index contributed by atoms with van der Waals surface area (Å²) in [5, 5.41) is 10.5. The fourth-order valence-electron chi connectivity index (χ4n) is 4.64. The summed E-state index contributed by atoms with van der Waals surface area (Å²) < 4.78 is 22.3. The third-order valence-corrected chi connectivity index (χ3v) is 6.49. The largest absolute Gasteiger partial charge is 0.478 e. The van der Waals surface area contributed by atoms with Crippen LogP contribution in [0.2, 0.25) is 0 Å². The van der Waals surface area contributed by atoms with E-state index in [4.69, 9.17) is 4.74 Å². The molecule has 0 bridgehead atoms. The van der Waals surface area contributed by atoms with Crippen molar-refractivity contribution in [2.75, 3.05) is 13.2 Å². The number of aromatic nitrogens is 2. The van der Waals surface area contributed by atoms with Gasteiger partial charge in [0, 0.05) is 29.3 Å². The van der Waals surface area contributed by atoms with Gasteiger partial charge in [-0.25, -0.2) is 9.18 Å². The number of fused-ring (bicyclic) bond motifs is 3. The molecular formula is C24H20BrFN2O3. The Balaban J connectivity index is 1.84. The second kappa shape index (κ2) is 8.05. The average Bonchev–Trinajstić information content (AvgIpc) is 3.09. The van der Waals surface area contributed by atoms with Gasteiger partial charge in [-0.15, -0.1) is 0 Å². The molecule has 7 heteroatoms. The standard InChI is InChI=1S/C24H20BrFN2O3/c25-17-12-21-22(27-13-17)19-6-3-16(24(29)30)11-20(19)28(21)23(15-7-9-31-10-8-15)14-1-4-18(26)5-2-14/h1-6,11-13,15,23H,7-10H2,(H,29,30). The van der Waals surface area contributed by atoms with Crippen LogP contribution in [0.25, 0.3) is 21.9 Å². The molecule has 0 saturated carbocycles. The number of rotatable bonds is 4. The Hall–Kier alpha value is -2.77. The van der Waals surface area contributed by atoms with E-state index >= 15 is 0 Å². The van der Waals surface area contributed by atoms with Crippen molar-refractivity contribution in [1.82, 2.24) is 9.55 Å². The number of carbonyl (C=O) groups is 1. The average molecular weight is 483 g/mol. The summed E-state index contributed by atoms with van der Waals surface area (Å²) in [5.41, 5.74) is 3.73. The predicted molar refractivity (Wildman–Crippen MR) is 120 cm³/mol. The van der Waals surface area contributed by atoms with Crippen LogP contribution in [0.3, 0.4) is 0 Å². The molecule has 1 atom stereocenters. The molecule has 2 aromatic heterocycles. The molecule has 2 aromatic carbocycles. The van der Waals surface area contributed by atoms with Gasteiger partial charge in [0.1, 0.15) is 5.82 Å². The van der Waals surface area contributed by atoms with Crippen LogP contribution >= 0.6 is 15.9 Å². The highest BCUT2D eigenvalue weighted by Gasteiger charge is 2.30. The molecule has 1 fully saturated rings. The number of benzene rings is 2. The van der Waals surface area contributed by atoms with Gasteiger partial charge in [-0.3, -0.25) is 4.98 Å². The van der Waals surface area contributed by atoms with Crippen LogP contribution in [0.15, 0.2) is 59.2 Å². The van der Waals surface area contributed by atoms with Crippen LogP contribution in [0.4, 0.5) is 4.39 Å². The molecule has 0 radical (unpaired) electrons. The van der Waals surface area contributed by atoms with E-state index in [0.717, 1.165) is 44.8 Å². The minimum absolute atomic E-state index is 0.107. The quantitative estimate of drug-likeness (QED) is 0.398. The summed E-state index contributed by atoms with van der Waals surface area (Å²) in [4.78, 5) is 16.4. The Morgan fingerprint density at radius 1 is 1.13 bits per heavy atom. The number of halogens is 2. The van der Waals surface area contributed by atoms with Crippen molar-refractivity contribution in [3.05, 3.63) is 76.1 Å². The summed E-state index contributed by atoms with van der Waals surface area (Å²) in [6, 6.07) is 13.6. The van der Waals surface area contributed by atoms with Crippen LogP contribution in [-0.4, -0.2) is 33.8 Å². The second-order valence-corrected chi connectivity index (χ2v) is 8.79. The number of nitrogens with zero attached hydrogens (tertiary/aromatic N) is 2. The molecule has 1 aliphatic rings. The van der Waals surface area contributed by atoms with E-state index in [1.54, 1.807) is 18.3 Å². The zero-order chi connectivity index (χ0) is 21.5. The monoisotopic (exact) mass is 482 g/mol. The summed E-state index contributed by atoms with van der Waals surface area (Å²) in [5.74, 6) is -1.00. The molecule has 0 aliphatic carbocycles. The lowest BCUT2D eigenvalue weighted by molar-refractivity contribution is 0.0552. The van der Waals surface area contributed by atoms with Gasteiger partial charge >= 0.3 is 5.97 Å². The van der Waals surface area contributed by atoms with Gasteiger partial charge in [-0.1, -0.05) is 12.1 Å². The molecule has 1 N–H and O–H groups in total. The van der Waals surface area contributed by atoms with Gasteiger partial charge in [-0.2, -0.15) is 0 Å². The Morgan fingerprint density at radius 2 is 1.87 bits per heavy atom. The van der Waals surface area contributed by atoms with E-state index in [0.29, 0.717) is 13.2 Å². The Bertz CT molecular complexity index is 1280. The number of carboxylic acid groups (broad SMARTS) is 1. The first kappa shape index (κ1) is 20.2. The SMILES string of the molecule is O=C(O)c1ccc2c3ncc(Br)cc3n(C(c3ccc(F)cc3)C3CCOCC3)c2c1. The second-order valence-electron chi connectivity index (χ2n) is 7.87. The third kappa shape index (κ3) is 3.62. The van der Waals surface area contributed by atoms with E-state index in [1.807, 2.05) is 24.3 Å². The number of hydrogen-bond donors (Lipinski definition) is 1. The maximum atomic E-state index is 13.7. The van der Waals surface area contributed by atoms with Gasteiger partial charge in [0.2, 0.25) is 0 Å². The first-order chi connectivity index (χ1) is 15.0. The molecule has 0 amide bonds. The fraction of sp³-hybridized carbons (Fsp3) is 0.250. The van der Waals surface area contributed by atoms with Crippen LogP contribution in [-0.2, 0) is 4.74 Å². The van der Waals surface area contributed by atoms with Crippen molar-refractivity contribution < 1.29 is 19.0 Å². The smallest absolute Gasteiger partial charge is 0.335 e. The molecule has 31 heavy (non-hydrogen) atoms. The number of ether oxygens (including phenoxy) is 1. The Labute approximate surface area is 186 Å². The highest BCUT2D eigenvalue weighted by Crippen LogP contribution is 2.41. The molecular weight excluding hydrogens is 463 g/mol. The van der Waals surface area contributed by atoms with Gasteiger partial charge in [0.15, 0.2) is 0 Å². The molecule has 1 unspecified atom stereocenters. The molecule has 5 nitrogen and oxygen atoms in total. The lowest BCUT2D eigenvalue weighted by Gasteiger charge is -2.33. The highest BCUT2D eigenvalue weighted by molar-refractivity contribution is 9.10. The van der Waals surface area contributed by atoms with Crippen molar-refractivity contribution in [2.45, 2.75) is 18.9 Å². The third-order valence-electron chi connectivity index (χ3n) is 6.06. The molecule has 3 heterocycles. The topological polar surface area (TPSA) is 64.3 Å². The number of hydrogen-bond acceptors (Lipinski definition) is 3. The Kier molecular flexibility index (Phi) is 5.24. The van der Waals surface area contributed by atoms with Gasteiger partial charge in [0.25, 0.3) is 0 Å². The molecule has 1 saturated heterocycles. The number of aromatic carboxylic acids is 1. The summed E-state index contributed by atoms with van der Waals surface area (Å²) >= 11 is 3.53. The van der Waals surface area contributed by atoms with Gasteiger partial charge in [0.05, 0.1) is 28.2 Å². The van der Waals surface area contributed by atoms with Crippen molar-refractivity contribution in [2.24, 2.45) is 5.92 Å². The van der Waals surface area contributed by atoms with Crippen LogP contribution in [0.1, 0.15) is 34.8 Å². The zero-order valence-corrected chi connectivity index (χ0v) is 18.2. The normalized spacial score (nSPS) is 16.1. The van der Waals surface area contributed by atoms with Crippen LogP contribution in [0.5, 0.6) is 0 Å². The van der Waals surface area contributed by atoms with Crippen LogP contribution < -0.4 is 0 Å². The fourth-order valence-corrected chi connectivity index (χ4v) is 4.96. The summed E-state index contributed by atoms with van der Waals surface area (Å²) in [7, 11) is 0. The maximum absolute atomic E-state index is 13.7. The van der Waals surface area contributed by atoms with Crippen LogP contribution in [0, 0.1) is 11.7 Å². The van der Waals surface area contributed by atoms with Crippen molar-refractivity contribution >= 4 is 43.8 Å². The lowest BCUT2D eigenvalue weighted by atomic mass is 9.86. The predicted octanol–water partition coefficient (Wildman–Crippen LogP) is 5.81. The zero-order valence-electron chi connectivity index (χ0n) is 16.6. The highest BCUT2D eigenvalue weighted by atomic mass is 79.9. The van der Waals surface area contributed by atoms with Crippen molar-refractivity contribution in [3.8, 4) is 0 Å². The van der Waals surface area contributed by atoms with E-state index in [1.165, 1.54) is 12.1 Å². The molecule has 1 aliphatic heterocycles. The lowest BCUT2D eigenvalue weighted by Crippen LogP contribution is -2.27. The summed E-state index contributed by atoms with van der Waals surface area (Å²) in [6.07, 6.45) is 3.48. The maximum Gasteiger partial charge on any atom is 0.335 e. The minimum atomic E-state index is -0.975.